The van der Waals surface area contributed by atoms with Crippen LogP contribution >= 0.6 is 0 Å². The Morgan fingerprint density at radius 2 is 2.11 bits per heavy atom. The summed E-state index contributed by atoms with van der Waals surface area (Å²) in [5.41, 5.74) is 0. The average Bonchev–Trinajstić information content (AvgIpc) is 2.75. The molecule has 0 bridgehead atoms. The van der Waals surface area contributed by atoms with Gasteiger partial charge in [0.15, 0.2) is 0 Å². The van der Waals surface area contributed by atoms with E-state index < -0.39 is 0 Å². The van der Waals surface area contributed by atoms with Crippen LogP contribution in [0, 0.1) is 5.92 Å². The van der Waals surface area contributed by atoms with Crippen molar-refractivity contribution in [2.45, 2.75) is 18.9 Å². The molecule has 148 valence electrons. The van der Waals surface area contributed by atoms with Crippen LogP contribution in [-0.4, -0.2) is 92.3 Å². The number of piperazine rings is 1. The van der Waals surface area contributed by atoms with Gasteiger partial charge in [0.1, 0.15) is 11.9 Å². The summed E-state index contributed by atoms with van der Waals surface area (Å²) in [6, 6.07) is 6.10. The number of rotatable bonds is 4. The van der Waals surface area contributed by atoms with Gasteiger partial charge in [0.2, 0.25) is 0 Å². The van der Waals surface area contributed by atoms with Gasteiger partial charge in [0.25, 0.3) is 5.91 Å². The Hall–Kier alpha value is -1.70. The number of morpholine rings is 1. The van der Waals surface area contributed by atoms with Gasteiger partial charge in [-0.15, -0.1) is 0 Å². The Labute approximate surface area is 161 Å². The molecule has 7 heteroatoms. The number of amides is 1. The first kappa shape index (κ1) is 18.7. The van der Waals surface area contributed by atoms with Crippen LogP contribution in [0.2, 0.25) is 0 Å². The Balaban J connectivity index is 1.24. The van der Waals surface area contributed by atoms with Crippen LogP contribution in [0.25, 0.3) is 0 Å². The highest BCUT2D eigenvalue weighted by Crippen LogP contribution is 2.21. The number of hydrogen-bond acceptors (Lipinski definition) is 6. The highest BCUT2D eigenvalue weighted by Gasteiger charge is 2.31. The van der Waals surface area contributed by atoms with Crippen molar-refractivity contribution in [1.29, 1.82) is 0 Å². The first-order valence-corrected chi connectivity index (χ1v) is 10.3. The van der Waals surface area contributed by atoms with Gasteiger partial charge >= 0.3 is 0 Å². The lowest BCUT2D eigenvalue weighted by atomic mass is 9.96. The molecule has 4 heterocycles. The molecule has 3 aliphatic rings. The van der Waals surface area contributed by atoms with Crippen LogP contribution in [0.5, 0.6) is 0 Å². The number of likely N-dealkylation sites (tertiary alicyclic amines) is 1. The lowest BCUT2D eigenvalue weighted by Gasteiger charge is -2.40. The van der Waals surface area contributed by atoms with Crippen LogP contribution in [-0.2, 0) is 9.53 Å². The summed E-state index contributed by atoms with van der Waals surface area (Å²) in [6.07, 6.45) is 3.89. The molecule has 1 N–H and O–H groups in total. The first-order chi connectivity index (χ1) is 13.3. The minimum atomic E-state index is -0.292. The predicted octanol–water partition coefficient (Wildman–Crippen LogP) is 0.431. The van der Waals surface area contributed by atoms with Gasteiger partial charge in [0, 0.05) is 65.1 Å². The maximum absolute atomic E-state index is 12.7. The van der Waals surface area contributed by atoms with E-state index in [0.29, 0.717) is 19.1 Å². The molecule has 0 saturated carbocycles. The molecule has 2 unspecified atom stereocenters. The topological polar surface area (TPSA) is 60.9 Å². The third-order valence-electron chi connectivity index (χ3n) is 5.90. The molecule has 1 aromatic heterocycles. The number of pyridine rings is 1. The molecule has 3 fully saturated rings. The van der Waals surface area contributed by atoms with E-state index in [1.807, 2.05) is 23.2 Å². The second-order valence-corrected chi connectivity index (χ2v) is 7.83. The summed E-state index contributed by atoms with van der Waals surface area (Å²) in [5, 5.41) is 3.26. The number of nitrogens with zero attached hydrogens (tertiary/aromatic N) is 4. The number of ether oxygens (including phenoxy) is 1. The zero-order valence-corrected chi connectivity index (χ0v) is 16.1. The van der Waals surface area contributed by atoms with Gasteiger partial charge in [-0.1, -0.05) is 6.07 Å². The van der Waals surface area contributed by atoms with Gasteiger partial charge in [-0.25, -0.2) is 4.98 Å². The van der Waals surface area contributed by atoms with E-state index in [2.05, 4.69) is 26.2 Å². The smallest absolute Gasteiger partial charge is 0.253 e. The molecule has 0 radical (unpaired) electrons. The molecule has 7 nitrogen and oxygen atoms in total. The number of carbonyl (C=O) groups excluding carboxylic acids is 1. The Bertz CT molecular complexity index is 600. The van der Waals surface area contributed by atoms with E-state index in [-0.39, 0.29) is 12.0 Å². The SMILES string of the molecule is O=C(C1CNCCO1)N1CCCC(CN2CCN(c3ccccn3)CC2)C1. The van der Waals surface area contributed by atoms with Gasteiger partial charge in [-0.05, 0) is 30.9 Å². The molecule has 4 rings (SSSR count). The molecule has 27 heavy (non-hydrogen) atoms. The second kappa shape index (κ2) is 8.99. The van der Waals surface area contributed by atoms with Crippen LogP contribution in [0.4, 0.5) is 5.82 Å². The monoisotopic (exact) mass is 373 g/mol. The second-order valence-electron chi connectivity index (χ2n) is 7.83. The van der Waals surface area contributed by atoms with E-state index in [0.717, 1.165) is 64.6 Å². The lowest BCUT2D eigenvalue weighted by molar-refractivity contribution is -0.147. The summed E-state index contributed by atoms with van der Waals surface area (Å²) < 4.78 is 5.66. The quantitative estimate of drug-likeness (QED) is 0.826. The molecule has 2 atom stereocenters. The summed E-state index contributed by atoms with van der Waals surface area (Å²) in [5.74, 6) is 1.82. The minimum Gasteiger partial charge on any atom is -0.366 e. The number of carbonyl (C=O) groups is 1. The van der Waals surface area contributed by atoms with Crippen molar-refractivity contribution in [3.05, 3.63) is 24.4 Å². The van der Waals surface area contributed by atoms with Crippen LogP contribution < -0.4 is 10.2 Å². The number of hydrogen-bond donors (Lipinski definition) is 1. The molecular formula is C20H31N5O2. The summed E-state index contributed by atoms with van der Waals surface area (Å²) in [6.45, 7) is 9.14. The predicted molar refractivity (Wildman–Crippen MR) is 105 cm³/mol. The summed E-state index contributed by atoms with van der Waals surface area (Å²) >= 11 is 0. The molecule has 1 amide bonds. The van der Waals surface area contributed by atoms with Crippen molar-refractivity contribution in [1.82, 2.24) is 20.1 Å². The maximum atomic E-state index is 12.7. The number of anilines is 1. The molecule has 1 aromatic rings. The fourth-order valence-electron chi connectivity index (χ4n) is 4.41. The summed E-state index contributed by atoms with van der Waals surface area (Å²) in [7, 11) is 0. The highest BCUT2D eigenvalue weighted by molar-refractivity contribution is 5.81. The Morgan fingerprint density at radius 1 is 1.22 bits per heavy atom. The van der Waals surface area contributed by atoms with E-state index in [1.165, 1.54) is 6.42 Å². The minimum absolute atomic E-state index is 0.173. The highest BCUT2D eigenvalue weighted by atomic mass is 16.5. The Kier molecular flexibility index (Phi) is 6.21. The molecular weight excluding hydrogens is 342 g/mol. The maximum Gasteiger partial charge on any atom is 0.253 e. The van der Waals surface area contributed by atoms with Gasteiger partial charge in [-0.3, -0.25) is 9.69 Å². The molecule has 0 aliphatic carbocycles. The van der Waals surface area contributed by atoms with Crippen molar-refractivity contribution in [2.75, 3.05) is 70.4 Å². The number of nitrogens with one attached hydrogen (secondary N) is 1. The van der Waals surface area contributed by atoms with Crippen molar-refractivity contribution >= 4 is 11.7 Å². The van der Waals surface area contributed by atoms with Crippen LogP contribution in [0.1, 0.15) is 12.8 Å². The van der Waals surface area contributed by atoms with Gasteiger partial charge < -0.3 is 19.9 Å². The van der Waals surface area contributed by atoms with E-state index in [1.54, 1.807) is 0 Å². The largest absolute Gasteiger partial charge is 0.366 e. The van der Waals surface area contributed by atoms with Crippen LogP contribution in [0.3, 0.4) is 0 Å². The van der Waals surface area contributed by atoms with Crippen LogP contribution in [0.15, 0.2) is 24.4 Å². The summed E-state index contributed by atoms with van der Waals surface area (Å²) in [4.78, 5) is 24.1. The fraction of sp³-hybridized carbons (Fsp3) is 0.700. The normalized spacial score (nSPS) is 27.6. The standard InChI is InChI=1S/C20H31N5O2/c26-20(18-14-21-7-13-27-18)25-8-3-4-17(16-25)15-23-9-11-24(12-10-23)19-5-1-2-6-22-19/h1-2,5-6,17-18,21H,3-4,7-16H2. The van der Waals surface area contributed by atoms with Gasteiger partial charge in [0.05, 0.1) is 6.61 Å². The van der Waals surface area contributed by atoms with E-state index in [9.17, 15) is 4.79 Å². The first-order valence-electron chi connectivity index (χ1n) is 10.3. The molecule has 3 saturated heterocycles. The molecule has 3 aliphatic heterocycles. The van der Waals surface area contributed by atoms with E-state index in [4.69, 9.17) is 4.74 Å². The third-order valence-corrected chi connectivity index (χ3v) is 5.90. The Morgan fingerprint density at radius 3 is 2.85 bits per heavy atom. The fourth-order valence-corrected chi connectivity index (χ4v) is 4.41. The van der Waals surface area contributed by atoms with Crippen molar-refractivity contribution in [3.63, 3.8) is 0 Å². The van der Waals surface area contributed by atoms with Gasteiger partial charge in [-0.2, -0.15) is 0 Å². The van der Waals surface area contributed by atoms with E-state index >= 15 is 0 Å². The third kappa shape index (κ3) is 4.78. The van der Waals surface area contributed by atoms with Crippen molar-refractivity contribution < 1.29 is 9.53 Å². The lowest BCUT2D eigenvalue weighted by Crippen LogP contribution is -2.53. The molecule has 0 aromatic carbocycles. The zero-order valence-electron chi connectivity index (χ0n) is 16.1. The number of aromatic nitrogens is 1. The van der Waals surface area contributed by atoms with Crippen molar-refractivity contribution in [3.8, 4) is 0 Å². The van der Waals surface area contributed by atoms with Crippen molar-refractivity contribution in [2.24, 2.45) is 5.92 Å². The zero-order chi connectivity index (χ0) is 18.5. The average molecular weight is 374 g/mol. The molecule has 0 spiro atoms. The number of piperidine rings is 1.